The molecule has 0 amide bonds. The van der Waals surface area contributed by atoms with Crippen LogP contribution in [-0.2, 0) is 0 Å². The predicted octanol–water partition coefficient (Wildman–Crippen LogP) is 3.98. The Morgan fingerprint density at radius 2 is 1.89 bits per heavy atom. The Hall–Kier alpha value is -2.00. The van der Waals surface area contributed by atoms with Crippen molar-refractivity contribution in [3.8, 4) is 0 Å². The summed E-state index contributed by atoms with van der Waals surface area (Å²) in [5, 5.41) is 11.6. The summed E-state index contributed by atoms with van der Waals surface area (Å²) in [4.78, 5) is 14.3. The van der Waals surface area contributed by atoms with Gasteiger partial charge >= 0.3 is 5.97 Å². The van der Waals surface area contributed by atoms with Crippen LogP contribution in [0.25, 0.3) is 21.8 Å². The van der Waals surface area contributed by atoms with Crippen molar-refractivity contribution in [2.45, 2.75) is 6.92 Å². The van der Waals surface area contributed by atoms with E-state index < -0.39 is 5.97 Å². The molecule has 0 spiro atoms. The number of hydrogen-bond donors (Lipinski definition) is 2. The Balaban J connectivity index is 2.54. The maximum Gasteiger partial charge on any atom is 0.337 e. The molecule has 0 aliphatic carbocycles. The number of aromatic carboxylic acids is 1. The van der Waals surface area contributed by atoms with Crippen LogP contribution in [-0.4, -0.2) is 16.1 Å². The maximum atomic E-state index is 11.2. The number of aryl methyl sites for hydroxylation is 1. The molecule has 3 aromatic rings. The molecule has 3 rings (SSSR count). The fraction of sp³-hybridized carbons (Fsp3) is 0.0714. The molecule has 2 aromatic carbocycles. The molecule has 0 aliphatic rings. The molecule has 0 saturated carbocycles. The third-order valence-corrected chi connectivity index (χ3v) is 3.66. The van der Waals surface area contributed by atoms with E-state index in [1.807, 2.05) is 25.1 Å². The largest absolute Gasteiger partial charge is 0.478 e. The normalized spacial score (nSPS) is 11.2. The molecule has 3 nitrogen and oxygen atoms in total. The van der Waals surface area contributed by atoms with Gasteiger partial charge in [0.2, 0.25) is 0 Å². The summed E-state index contributed by atoms with van der Waals surface area (Å²) in [6.45, 7) is 1.92. The number of aromatic amines is 1. The van der Waals surface area contributed by atoms with Crippen LogP contribution in [0.4, 0.5) is 0 Å². The van der Waals surface area contributed by atoms with Gasteiger partial charge in [0.05, 0.1) is 21.6 Å². The molecule has 0 unspecified atom stereocenters. The van der Waals surface area contributed by atoms with E-state index in [2.05, 4.69) is 4.98 Å². The molecule has 18 heavy (non-hydrogen) atoms. The summed E-state index contributed by atoms with van der Waals surface area (Å²) in [5.74, 6) is -0.944. The van der Waals surface area contributed by atoms with Crippen molar-refractivity contribution in [3.63, 3.8) is 0 Å². The van der Waals surface area contributed by atoms with Crippen LogP contribution in [0.5, 0.6) is 0 Å². The highest BCUT2D eigenvalue weighted by Gasteiger charge is 2.14. The molecule has 90 valence electrons. The Bertz CT molecular complexity index is 789. The lowest BCUT2D eigenvalue weighted by Crippen LogP contribution is -1.96. The standard InChI is InChI=1S/C14H10ClNO2/c1-7-5-6-9-8-3-2-4-10(14(17)18)12(8)16-13(9)11(7)15/h2-6,16H,1H3,(H,17,18). The summed E-state index contributed by atoms with van der Waals surface area (Å²) < 4.78 is 0. The monoisotopic (exact) mass is 259 g/mol. The Labute approximate surface area is 108 Å². The van der Waals surface area contributed by atoms with Crippen LogP contribution in [0.3, 0.4) is 0 Å². The number of halogens is 1. The fourth-order valence-corrected chi connectivity index (χ4v) is 2.45. The smallest absolute Gasteiger partial charge is 0.337 e. The summed E-state index contributed by atoms with van der Waals surface area (Å²) >= 11 is 6.25. The minimum atomic E-state index is -0.944. The average molecular weight is 260 g/mol. The molecular formula is C14H10ClNO2. The van der Waals surface area contributed by atoms with Crippen molar-refractivity contribution in [2.75, 3.05) is 0 Å². The second-order valence-corrected chi connectivity index (χ2v) is 4.66. The molecule has 0 fully saturated rings. The number of para-hydroxylation sites is 1. The SMILES string of the molecule is Cc1ccc2c([nH]c3c(C(=O)O)cccc32)c1Cl. The second-order valence-electron chi connectivity index (χ2n) is 4.28. The highest BCUT2D eigenvalue weighted by atomic mass is 35.5. The molecule has 0 bridgehead atoms. The number of rotatable bonds is 1. The first-order valence-electron chi connectivity index (χ1n) is 5.52. The molecule has 2 N–H and O–H groups in total. The molecule has 4 heteroatoms. The van der Waals surface area contributed by atoms with E-state index in [4.69, 9.17) is 11.6 Å². The first-order valence-corrected chi connectivity index (χ1v) is 5.90. The Morgan fingerprint density at radius 3 is 2.61 bits per heavy atom. The molecular weight excluding hydrogens is 250 g/mol. The quantitative estimate of drug-likeness (QED) is 0.694. The van der Waals surface area contributed by atoms with Crippen LogP contribution in [0.15, 0.2) is 30.3 Å². The second kappa shape index (κ2) is 3.75. The lowest BCUT2D eigenvalue weighted by molar-refractivity contribution is 0.0699. The third-order valence-electron chi connectivity index (χ3n) is 3.17. The van der Waals surface area contributed by atoms with Crippen molar-refractivity contribution < 1.29 is 9.90 Å². The molecule has 1 heterocycles. The Kier molecular flexibility index (Phi) is 2.31. The number of benzene rings is 2. The number of aromatic nitrogens is 1. The van der Waals surface area contributed by atoms with E-state index >= 15 is 0 Å². The Morgan fingerprint density at radius 1 is 1.17 bits per heavy atom. The van der Waals surface area contributed by atoms with E-state index in [1.54, 1.807) is 12.1 Å². The lowest BCUT2D eigenvalue weighted by atomic mass is 10.1. The van der Waals surface area contributed by atoms with E-state index in [0.29, 0.717) is 10.5 Å². The van der Waals surface area contributed by atoms with Gasteiger partial charge in [-0.25, -0.2) is 4.79 Å². The van der Waals surface area contributed by atoms with Crippen molar-refractivity contribution in [2.24, 2.45) is 0 Å². The predicted molar refractivity (Wildman–Crippen MR) is 72.5 cm³/mol. The molecule has 1 aromatic heterocycles. The van der Waals surface area contributed by atoms with Gasteiger partial charge in [0.1, 0.15) is 0 Å². The summed E-state index contributed by atoms with van der Waals surface area (Å²) in [5.41, 5.74) is 2.64. The van der Waals surface area contributed by atoms with E-state index in [0.717, 1.165) is 21.9 Å². The van der Waals surface area contributed by atoms with E-state index in [-0.39, 0.29) is 5.56 Å². The molecule has 0 saturated heterocycles. The summed E-state index contributed by atoms with van der Waals surface area (Å²) in [6.07, 6.45) is 0. The van der Waals surface area contributed by atoms with Crippen molar-refractivity contribution in [1.82, 2.24) is 4.98 Å². The van der Waals surface area contributed by atoms with E-state index in [9.17, 15) is 9.90 Å². The van der Waals surface area contributed by atoms with Gasteiger partial charge in [0, 0.05) is 10.8 Å². The average Bonchev–Trinajstić information content (AvgIpc) is 2.72. The number of carbonyl (C=O) groups is 1. The highest BCUT2D eigenvalue weighted by molar-refractivity contribution is 6.37. The summed E-state index contributed by atoms with van der Waals surface area (Å²) in [7, 11) is 0. The highest BCUT2D eigenvalue weighted by Crippen LogP contribution is 2.33. The molecule has 0 atom stereocenters. The third kappa shape index (κ3) is 1.41. The number of H-pyrrole nitrogens is 1. The minimum absolute atomic E-state index is 0.261. The van der Waals surface area contributed by atoms with Gasteiger partial charge in [-0.1, -0.05) is 35.9 Å². The first kappa shape index (κ1) is 11.1. The van der Waals surface area contributed by atoms with Crippen molar-refractivity contribution >= 4 is 39.4 Å². The fourth-order valence-electron chi connectivity index (χ4n) is 2.24. The zero-order chi connectivity index (χ0) is 12.9. The molecule has 0 aliphatic heterocycles. The zero-order valence-corrected chi connectivity index (χ0v) is 10.4. The zero-order valence-electron chi connectivity index (χ0n) is 9.62. The van der Waals surface area contributed by atoms with Crippen LogP contribution in [0, 0.1) is 6.92 Å². The summed E-state index contributed by atoms with van der Waals surface area (Å²) in [6, 6.07) is 9.12. The van der Waals surface area contributed by atoms with Gasteiger partial charge in [-0.05, 0) is 18.6 Å². The minimum Gasteiger partial charge on any atom is -0.478 e. The van der Waals surface area contributed by atoms with Crippen LogP contribution in [0.1, 0.15) is 15.9 Å². The maximum absolute atomic E-state index is 11.2. The van der Waals surface area contributed by atoms with Crippen LogP contribution in [0.2, 0.25) is 5.02 Å². The lowest BCUT2D eigenvalue weighted by Gasteiger charge is -1.98. The van der Waals surface area contributed by atoms with Crippen LogP contribution >= 0.6 is 11.6 Å². The van der Waals surface area contributed by atoms with Crippen molar-refractivity contribution in [3.05, 3.63) is 46.5 Å². The van der Waals surface area contributed by atoms with Gasteiger partial charge in [-0.15, -0.1) is 0 Å². The number of carboxylic acid groups (broad SMARTS) is 1. The number of nitrogens with one attached hydrogen (secondary N) is 1. The first-order chi connectivity index (χ1) is 8.59. The van der Waals surface area contributed by atoms with Gasteiger partial charge in [-0.2, -0.15) is 0 Å². The number of fused-ring (bicyclic) bond motifs is 3. The number of carboxylic acids is 1. The topological polar surface area (TPSA) is 53.1 Å². The van der Waals surface area contributed by atoms with Gasteiger partial charge in [0.25, 0.3) is 0 Å². The van der Waals surface area contributed by atoms with Crippen molar-refractivity contribution in [1.29, 1.82) is 0 Å². The number of hydrogen-bond acceptors (Lipinski definition) is 1. The van der Waals surface area contributed by atoms with Gasteiger partial charge < -0.3 is 10.1 Å². The van der Waals surface area contributed by atoms with E-state index in [1.165, 1.54) is 0 Å². The van der Waals surface area contributed by atoms with Gasteiger partial charge in [0.15, 0.2) is 0 Å². The van der Waals surface area contributed by atoms with Gasteiger partial charge in [-0.3, -0.25) is 0 Å². The molecule has 0 radical (unpaired) electrons. The van der Waals surface area contributed by atoms with Crippen LogP contribution < -0.4 is 0 Å².